The molecule has 0 amide bonds. The van der Waals surface area contributed by atoms with Crippen LogP contribution in [-0.2, 0) is 0 Å². The Morgan fingerprint density at radius 3 is 1.97 bits per heavy atom. The van der Waals surface area contributed by atoms with Gasteiger partial charge in [0.05, 0.1) is 0 Å². The normalized spacial score (nSPS) is 31.7. The fraction of sp³-hybridized carbons (Fsp3) is 0.333. The molecule has 4 aliphatic heterocycles. The van der Waals surface area contributed by atoms with E-state index in [4.69, 9.17) is 11.6 Å². The van der Waals surface area contributed by atoms with Gasteiger partial charge in [0.15, 0.2) is 0 Å². The van der Waals surface area contributed by atoms with Gasteiger partial charge >= 0.3 is 0 Å². The fourth-order valence-electron chi connectivity index (χ4n) is 7.55. The van der Waals surface area contributed by atoms with Gasteiger partial charge in [-0.15, -0.1) is 0 Å². The maximum atomic E-state index is 6.67. The molecule has 6 fully saturated rings. The molecule has 33 heavy (non-hydrogen) atoms. The van der Waals surface area contributed by atoms with Crippen molar-refractivity contribution in [1.82, 2.24) is 10.6 Å². The molecule has 0 radical (unpaired) electrons. The number of benzene rings is 4. The molecule has 0 aromatic heterocycles. The SMILES string of the molecule is Clc1ccc(C2C3CNC2C3)c2cc(-c3ccc(C4C5CNC4C5)c4ccccc34)ccc12. The lowest BCUT2D eigenvalue weighted by atomic mass is 9.68. The molecule has 10 rings (SSSR count). The largest absolute Gasteiger partial charge is 0.313 e. The molecule has 6 aliphatic rings. The first-order valence-corrected chi connectivity index (χ1v) is 12.8. The summed E-state index contributed by atoms with van der Waals surface area (Å²) in [7, 11) is 0. The topological polar surface area (TPSA) is 24.1 Å². The number of hydrogen-bond acceptors (Lipinski definition) is 2. The lowest BCUT2D eigenvalue weighted by molar-refractivity contribution is 0.305. The van der Waals surface area contributed by atoms with Crippen LogP contribution in [-0.4, -0.2) is 25.2 Å². The first-order chi connectivity index (χ1) is 16.3. The molecule has 2 N–H and O–H groups in total. The Labute approximate surface area is 199 Å². The van der Waals surface area contributed by atoms with Gasteiger partial charge in [0, 0.05) is 34.3 Å². The Hall–Kier alpha value is -2.39. The molecular formula is C30H27ClN2. The minimum Gasteiger partial charge on any atom is -0.313 e. The van der Waals surface area contributed by atoms with E-state index in [2.05, 4.69) is 77.4 Å². The second-order valence-electron chi connectivity index (χ2n) is 10.7. The van der Waals surface area contributed by atoms with Crippen molar-refractivity contribution in [3.63, 3.8) is 0 Å². The van der Waals surface area contributed by atoms with Crippen LogP contribution in [0.25, 0.3) is 32.7 Å². The maximum Gasteiger partial charge on any atom is 0.0484 e. The Balaban J connectivity index is 1.30. The predicted octanol–water partition coefficient (Wildman–Crippen LogP) is 6.46. The highest BCUT2D eigenvalue weighted by Gasteiger charge is 2.48. The van der Waals surface area contributed by atoms with E-state index >= 15 is 0 Å². The minimum absolute atomic E-state index is 0.626. The second kappa shape index (κ2) is 6.82. The average molecular weight is 451 g/mol. The van der Waals surface area contributed by atoms with Crippen LogP contribution in [0.2, 0.25) is 5.02 Å². The summed E-state index contributed by atoms with van der Waals surface area (Å²) in [6.07, 6.45) is 2.66. The Kier molecular flexibility index (Phi) is 3.92. The van der Waals surface area contributed by atoms with Gasteiger partial charge in [-0.3, -0.25) is 0 Å². The summed E-state index contributed by atoms with van der Waals surface area (Å²) >= 11 is 6.67. The zero-order valence-electron chi connectivity index (χ0n) is 18.5. The third-order valence-electron chi connectivity index (χ3n) is 9.26. The monoisotopic (exact) mass is 450 g/mol. The van der Waals surface area contributed by atoms with E-state index in [0.717, 1.165) is 23.4 Å². The molecule has 4 aromatic rings. The van der Waals surface area contributed by atoms with Gasteiger partial charge in [-0.05, 0) is 88.3 Å². The molecule has 6 unspecified atom stereocenters. The summed E-state index contributed by atoms with van der Waals surface area (Å²) in [5.41, 5.74) is 5.63. The van der Waals surface area contributed by atoms with E-state index in [1.54, 1.807) is 0 Å². The van der Waals surface area contributed by atoms with Gasteiger partial charge in [0.25, 0.3) is 0 Å². The van der Waals surface area contributed by atoms with Crippen LogP contribution < -0.4 is 10.6 Å². The minimum atomic E-state index is 0.626. The van der Waals surface area contributed by atoms with Crippen LogP contribution in [0.3, 0.4) is 0 Å². The van der Waals surface area contributed by atoms with Gasteiger partial charge in [-0.25, -0.2) is 0 Å². The third kappa shape index (κ3) is 2.58. The van der Waals surface area contributed by atoms with E-state index in [9.17, 15) is 0 Å². The zero-order valence-corrected chi connectivity index (χ0v) is 19.3. The van der Waals surface area contributed by atoms with Gasteiger partial charge < -0.3 is 10.6 Å². The summed E-state index contributed by atoms with van der Waals surface area (Å²) in [6, 6.07) is 26.4. The molecule has 4 bridgehead atoms. The first-order valence-electron chi connectivity index (χ1n) is 12.5. The van der Waals surface area contributed by atoms with Crippen molar-refractivity contribution >= 4 is 33.1 Å². The van der Waals surface area contributed by atoms with Crippen molar-refractivity contribution in [2.75, 3.05) is 13.1 Å². The summed E-state index contributed by atoms with van der Waals surface area (Å²) < 4.78 is 0. The highest BCUT2D eigenvalue weighted by atomic mass is 35.5. The smallest absolute Gasteiger partial charge is 0.0484 e. The standard InChI is InChI=1S/C30H27ClN2/c31-26-10-9-24(30-18-13-28(30)33-15-18)25-11-16(5-6-22(25)26)19-7-8-23(21-4-2-1-3-20(19)21)29-17-12-27(29)32-14-17/h1-11,17-18,27-30,32-33H,12-15H2. The van der Waals surface area contributed by atoms with Gasteiger partial charge in [0.2, 0.25) is 0 Å². The van der Waals surface area contributed by atoms with Gasteiger partial charge in [0.1, 0.15) is 0 Å². The molecule has 2 saturated carbocycles. The van der Waals surface area contributed by atoms with Crippen molar-refractivity contribution in [2.24, 2.45) is 11.8 Å². The van der Waals surface area contributed by atoms with Crippen LogP contribution in [0.15, 0.2) is 66.7 Å². The molecule has 2 aliphatic carbocycles. The van der Waals surface area contributed by atoms with E-state index in [1.807, 2.05) is 0 Å². The van der Waals surface area contributed by atoms with E-state index in [0.29, 0.717) is 23.9 Å². The summed E-state index contributed by atoms with van der Waals surface area (Å²) in [6.45, 7) is 2.33. The Morgan fingerprint density at radius 2 is 1.30 bits per heavy atom. The summed E-state index contributed by atoms with van der Waals surface area (Å²) in [4.78, 5) is 0. The second-order valence-corrected chi connectivity index (χ2v) is 11.1. The van der Waals surface area contributed by atoms with E-state index in [1.165, 1.54) is 63.2 Å². The molecule has 2 nitrogen and oxygen atoms in total. The van der Waals surface area contributed by atoms with Crippen LogP contribution >= 0.6 is 11.6 Å². The quantitative estimate of drug-likeness (QED) is 0.374. The molecule has 4 heterocycles. The number of hydrogen-bond donors (Lipinski definition) is 2. The van der Waals surface area contributed by atoms with Crippen molar-refractivity contribution in [1.29, 1.82) is 0 Å². The van der Waals surface area contributed by atoms with Crippen LogP contribution in [0.5, 0.6) is 0 Å². The van der Waals surface area contributed by atoms with Crippen molar-refractivity contribution in [3.8, 4) is 11.1 Å². The number of nitrogens with one attached hydrogen (secondary N) is 2. The van der Waals surface area contributed by atoms with Gasteiger partial charge in [-0.2, -0.15) is 0 Å². The van der Waals surface area contributed by atoms with E-state index in [-0.39, 0.29) is 0 Å². The Morgan fingerprint density at radius 1 is 0.636 bits per heavy atom. The lowest BCUT2D eigenvalue weighted by Crippen LogP contribution is -2.34. The summed E-state index contributed by atoms with van der Waals surface area (Å²) in [5, 5.41) is 13.6. The molecule has 4 aromatic carbocycles. The number of rotatable bonds is 3. The maximum absolute atomic E-state index is 6.67. The molecule has 164 valence electrons. The molecule has 0 spiro atoms. The van der Waals surface area contributed by atoms with Crippen molar-refractivity contribution in [3.05, 3.63) is 82.9 Å². The van der Waals surface area contributed by atoms with E-state index < -0.39 is 0 Å². The van der Waals surface area contributed by atoms with Crippen LogP contribution in [0, 0.1) is 11.8 Å². The molecule has 3 heteroatoms. The Bertz CT molecular complexity index is 1410. The third-order valence-corrected chi connectivity index (χ3v) is 9.59. The first kappa shape index (κ1) is 19.0. The average Bonchev–Trinajstić information content (AvgIpc) is 3.63. The van der Waals surface area contributed by atoms with Crippen LogP contribution in [0.1, 0.15) is 35.8 Å². The van der Waals surface area contributed by atoms with Crippen LogP contribution in [0.4, 0.5) is 0 Å². The summed E-state index contributed by atoms with van der Waals surface area (Å²) in [5.74, 6) is 2.88. The van der Waals surface area contributed by atoms with Gasteiger partial charge in [-0.1, -0.05) is 66.2 Å². The fourth-order valence-corrected chi connectivity index (χ4v) is 7.78. The molecular weight excluding hydrogens is 424 g/mol. The molecule has 6 atom stereocenters. The highest BCUT2D eigenvalue weighted by molar-refractivity contribution is 6.35. The number of halogens is 1. The lowest BCUT2D eigenvalue weighted by Gasteiger charge is -2.36. The highest BCUT2D eigenvalue weighted by Crippen LogP contribution is 2.51. The number of fused-ring (bicyclic) bond motifs is 4. The predicted molar refractivity (Wildman–Crippen MR) is 137 cm³/mol. The van der Waals surface area contributed by atoms with Crippen molar-refractivity contribution < 1.29 is 0 Å². The van der Waals surface area contributed by atoms with Crippen molar-refractivity contribution in [2.45, 2.75) is 36.8 Å². The molecule has 4 saturated heterocycles. The zero-order chi connectivity index (χ0) is 21.7.